The molecular weight excluding hydrogens is 562 g/mol. The van der Waals surface area contributed by atoms with Gasteiger partial charge >= 0.3 is 6.09 Å². The summed E-state index contributed by atoms with van der Waals surface area (Å²) in [5.74, 6) is -0.718. The van der Waals surface area contributed by atoms with Gasteiger partial charge in [-0.25, -0.2) is 4.79 Å². The molecule has 1 aliphatic heterocycles. The first-order chi connectivity index (χ1) is 19.9. The second-order valence-corrected chi connectivity index (χ2v) is 11.9. The molecule has 0 aliphatic carbocycles. The van der Waals surface area contributed by atoms with Crippen LogP contribution in [0.1, 0.15) is 50.5 Å². The number of aliphatic hydroxyl groups excluding tert-OH is 1. The van der Waals surface area contributed by atoms with Crippen molar-refractivity contribution in [3.05, 3.63) is 52.2 Å². The van der Waals surface area contributed by atoms with E-state index in [1.165, 1.54) is 16.2 Å². The van der Waals surface area contributed by atoms with Gasteiger partial charge in [0.15, 0.2) is 0 Å². The van der Waals surface area contributed by atoms with Crippen LogP contribution in [0.2, 0.25) is 0 Å². The van der Waals surface area contributed by atoms with Gasteiger partial charge in [0, 0.05) is 41.3 Å². The number of aliphatic hydroxyl groups is 1. The maximum atomic E-state index is 13.0. The normalized spacial score (nSPS) is 16.4. The number of carbonyl (C=O) groups is 4. The lowest BCUT2D eigenvalue weighted by Crippen LogP contribution is -2.48. The van der Waals surface area contributed by atoms with E-state index in [4.69, 9.17) is 14.9 Å². The van der Waals surface area contributed by atoms with Crippen LogP contribution in [0.25, 0.3) is 0 Å². The van der Waals surface area contributed by atoms with E-state index in [1.807, 2.05) is 30.3 Å². The van der Waals surface area contributed by atoms with Gasteiger partial charge < -0.3 is 30.1 Å². The summed E-state index contributed by atoms with van der Waals surface area (Å²) in [7, 11) is 0. The van der Waals surface area contributed by atoms with Gasteiger partial charge in [-0.15, -0.1) is 11.3 Å². The van der Waals surface area contributed by atoms with Crippen LogP contribution < -0.4 is 20.7 Å². The van der Waals surface area contributed by atoms with Gasteiger partial charge in [0.1, 0.15) is 23.2 Å². The van der Waals surface area contributed by atoms with E-state index in [2.05, 4.69) is 16.0 Å². The number of nitrogens with zero attached hydrogens (tertiary/aromatic N) is 1. The Morgan fingerprint density at radius 2 is 1.88 bits per heavy atom. The predicted molar refractivity (Wildman–Crippen MR) is 157 cm³/mol. The number of amides is 4. The van der Waals surface area contributed by atoms with Crippen molar-refractivity contribution in [2.45, 2.75) is 58.2 Å². The number of likely N-dealkylation sites (tertiary alicyclic amines) is 1. The summed E-state index contributed by atoms with van der Waals surface area (Å²) in [5, 5.41) is 27.3. The molecule has 0 bridgehead atoms. The molecule has 1 fully saturated rings. The molecule has 13 heteroatoms. The summed E-state index contributed by atoms with van der Waals surface area (Å²) in [6.45, 7) is 5.51. The first-order valence-electron chi connectivity index (χ1n) is 13.7. The molecule has 2 aromatic rings. The molecule has 0 spiro atoms. The fourth-order valence-electron chi connectivity index (χ4n) is 4.26. The van der Waals surface area contributed by atoms with Gasteiger partial charge in [-0.3, -0.25) is 25.1 Å². The topological polar surface area (TPSA) is 170 Å². The van der Waals surface area contributed by atoms with Crippen LogP contribution in [-0.4, -0.2) is 77.6 Å². The van der Waals surface area contributed by atoms with Gasteiger partial charge in [0.25, 0.3) is 0 Å². The van der Waals surface area contributed by atoms with Gasteiger partial charge in [-0.05, 0) is 51.8 Å². The summed E-state index contributed by atoms with van der Waals surface area (Å²) >= 11 is 1.31. The molecule has 12 nitrogen and oxygen atoms in total. The first kappa shape index (κ1) is 32.5. The Morgan fingerprint density at radius 3 is 2.57 bits per heavy atom. The van der Waals surface area contributed by atoms with Crippen molar-refractivity contribution in [2.75, 3.05) is 26.3 Å². The van der Waals surface area contributed by atoms with Gasteiger partial charge in [-0.1, -0.05) is 18.2 Å². The Morgan fingerprint density at radius 1 is 1.14 bits per heavy atom. The average Bonchev–Trinajstić information content (AvgIpc) is 3.60. The number of ether oxygens (including phenoxy) is 2. The van der Waals surface area contributed by atoms with Crippen LogP contribution in [0.3, 0.4) is 0 Å². The number of thiophene rings is 1. The van der Waals surface area contributed by atoms with Crippen LogP contribution in [0, 0.1) is 11.3 Å². The molecule has 4 amide bonds. The standard InChI is InChI=1S/C29H39N5O7S/c1-29(2,3)41-28(39)33-26(30)20-13-22(42-18-20)14-32-27(38)23-12-19(17-35)16-34(23)25(37)15-31-24(36)10-7-11-40-21-8-5-4-6-9-21/h4-6,8-9,13,18-19,23,35H,7,10-12,14-17H2,1-3H3,(H,31,36)(H,32,38)(H2,30,33,39). The second-order valence-electron chi connectivity index (χ2n) is 10.9. The van der Waals surface area contributed by atoms with Gasteiger partial charge in [0.2, 0.25) is 17.7 Å². The van der Waals surface area contributed by atoms with Crippen molar-refractivity contribution in [2.24, 2.45) is 5.92 Å². The Bertz CT molecular complexity index is 1240. The molecule has 1 aliphatic rings. The summed E-state index contributed by atoms with van der Waals surface area (Å²) in [4.78, 5) is 52.3. The Hall–Kier alpha value is -3.97. The van der Waals surface area contributed by atoms with E-state index in [9.17, 15) is 24.3 Å². The molecule has 2 unspecified atom stereocenters. The zero-order valence-corrected chi connectivity index (χ0v) is 24.9. The molecule has 1 aromatic carbocycles. The number of para-hydroxylation sites is 1. The van der Waals surface area contributed by atoms with Crippen LogP contribution in [-0.2, 0) is 25.7 Å². The van der Waals surface area contributed by atoms with Crippen molar-refractivity contribution in [3.8, 4) is 5.75 Å². The number of nitrogens with one attached hydrogen (secondary N) is 4. The van der Waals surface area contributed by atoms with Crippen molar-refractivity contribution in [1.82, 2.24) is 20.9 Å². The lowest BCUT2D eigenvalue weighted by Gasteiger charge is -2.24. The highest BCUT2D eigenvalue weighted by Crippen LogP contribution is 2.24. The maximum Gasteiger partial charge on any atom is 0.413 e. The van der Waals surface area contributed by atoms with E-state index >= 15 is 0 Å². The molecule has 228 valence electrons. The minimum Gasteiger partial charge on any atom is -0.494 e. The molecule has 0 radical (unpaired) electrons. The lowest BCUT2D eigenvalue weighted by molar-refractivity contribution is -0.138. The maximum absolute atomic E-state index is 13.0. The average molecular weight is 602 g/mol. The Kier molecular flexibility index (Phi) is 11.9. The zero-order chi connectivity index (χ0) is 30.7. The summed E-state index contributed by atoms with van der Waals surface area (Å²) < 4.78 is 10.7. The molecular formula is C29H39N5O7S. The quantitative estimate of drug-likeness (QED) is 0.141. The predicted octanol–water partition coefficient (Wildman–Crippen LogP) is 2.40. The molecule has 2 heterocycles. The van der Waals surface area contributed by atoms with Crippen molar-refractivity contribution in [1.29, 1.82) is 5.41 Å². The van der Waals surface area contributed by atoms with Crippen molar-refractivity contribution in [3.63, 3.8) is 0 Å². The molecule has 42 heavy (non-hydrogen) atoms. The first-order valence-corrected chi connectivity index (χ1v) is 14.6. The molecule has 5 N–H and O–H groups in total. The second kappa shape index (κ2) is 15.3. The fraction of sp³-hybridized carbons (Fsp3) is 0.483. The third kappa shape index (κ3) is 10.5. The number of rotatable bonds is 12. The monoisotopic (exact) mass is 601 g/mol. The SMILES string of the molecule is CC(C)(C)OC(=O)NC(=N)c1csc(CNC(=O)C2CC(CO)CN2C(=O)CNC(=O)CCCOc2ccccc2)c1. The number of hydrogen-bond donors (Lipinski definition) is 5. The summed E-state index contributed by atoms with van der Waals surface area (Å²) in [5.41, 5.74) is -0.224. The third-order valence-electron chi connectivity index (χ3n) is 6.27. The van der Waals surface area contributed by atoms with E-state index < -0.39 is 23.6 Å². The van der Waals surface area contributed by atoms with Gasteiger partial charge in [-0.2, -0.15) is 0 Å². The van der Waals surface area contributed by atoms with Gasteiger partial charge in [0.05, 0.1) is 19.7 Å². The minimum absolute atomic E-state index is 0.123. The van der Waals surface area contributed by atoms with E-state index in [-0.39, 0.29) is 56.2 Å². The molecule has 2 atom stereocenters. The molecule has 1 aromatic heterocycles. The van der Waals surface area contributed by atoms with Crippen LogP contribution in [0.15, 0.2) is 41.8 Å². The summed E-state index contributed by atoms with van der Waals surface area (Å²) in [6.07, 6.45) is 0.249. The molecule has 3 rings (SSSR count). The lowest BCUT2D eigenvalue weighted by atomic mass is 10.1. The van der Waals surface area contributed by atoms with Crippen LogP contribution in [0.5, 0.6) is 5.75 Å². The molecule has 0 saturated carbocycles. The van der Waals surface area contributed by atoms with E-state index in [1.54, 1.807) is 32.2 Å². The Labute approximate surface area is 249 Å². The highest BCUT2D eigenvalue weighted by molar-refractivity contribution is 7.10. The van der Waals surface area contributed by atoms with Crippen LogP contribution >= 0.6 is 11.3 Å². The number of amidine groups is 1. The summed E-state index contributed by atoms with van der Waals surface area (Å²) in [6, 6.07) is 10.2. The fourth-order valence-corrected chi connectivity index (χ4v) is 5.07. The van der Waals surface area contributed by atoms with E-state index in [0.717, 1.165) is 10.6 Å². The van der Waals surface area contributed by atoms with Crippen molar-refractivity contribution >= 4 is 41.0 Å². The number of benzene rings is 1. The van der Waals surface area contributed by atoms with Crippen LogP contribution in [0.4, 0.5) is 4.79 Å². The minimum atomic E-state index is -0.780. The highest BCUT2D eigenvalue weighted by Gasteiger charge is 2.39. The number of hydrogen-bond acceptors (Lipinski definition) is 9. The Balaban J connectivity index is 1.44. The number of alkyl carbamates (subject to hydrolysis) is 1. The molecule has 1 saturated heterocycles. The number of carbonyl (C=O) groups excluding carboxylic acids is 4. The highest BCUT2D eigenvalue weighted by atomic mass is 32.1. The smallest absolute Gasteiger partial charge is 0.413 e. The zero-order valence-electron chi connectivity index (χ0n) is 24.1. The third-order valence-corrected chi connectivity index (χ3v) is 7.21. The van der Waals surface area contributed by atoms with E-state index in [0.29, 0.717) is 25.0 Å². The van der Waals surface area contributed by atoms with Crippen molar-refractivity contribution < 1.29 is 33.8 Å². The largest absolute Gasteiger partial charge is 0.494 e.